The second-order valence-electron chi connectivity index (χ2n) is 3.75. The summed E-state index contributed by atoms with van der Waals surface area (Å²) < 4.78 is 0.920. The van der Waals surface area contributed by atoms with E-state index in [0.717, 1.165) is 9.35 Å². The minimum atomic E-state index is -0.837. The lowest BCUT2D eigenvalue weighted by Gasteiger charge is -2.05. The van der Waals surface area contributed by atoms with Crippen LogP contribution in [0, 0.1) is 18.3 Å². The van der Waals surface area contributed by atoms with Crippen molar-refractivity contribution in [2.24, 2.45) is 0 Å². The fourth-order valence-corrected chi connectivity index (χ4v) is 3.03. The first-order valence-electron chi connectivity index (χ1n) is 5.24. The van der Waals surface area contributed by atoms with Crippen LogP contribution in [0.25, 0.3) is 0 Å². The number of halogens is 1. The normalized spacial score (nSPS) is 11.8. The van der Waals surface area contributed by atoms with E-state index in [1.54, 1.807) is 30.5 Å². The first-order chi connectivity index (χ1) is 8.63. The van der Waals surface area contributed by atoms with Crippen LogP contribution in [0.5, 0.6) is 0 Å². The molecule has 0 aliphatic rings. The molecule has 1 atom stereocenters. The third kappa shape index (κ3) is 2.50. The zero-order valence-electron chi connectivity index (χ0n) is 9.55. The summed E-state index contributed by atoms with van der Waals surface area (Å²) in [5.41, 5.74) is 1.49. The Labute approximate surface area is 117 Å². The molecule has 5 heteroatoms. The number of carbonyl (C=O) groups excluding carboxylic acids is 1. The number of hydrogen-bond acceptors (Lipinski definition) is 4. The van der Waals surface area contributed by atoms with Gasteiger partial charge in [0, 0.05) is 6.20 Å². The molecule has 0 fully saturated rings. The highest BCUT2D eigenvalue weighted by Gasteiger charge is 2.24. The van der Waals surface area contributed by atoms with Crippen LogP contribution in [-0.4, -0.2) is 10.8 Å². The molecule has 0 N–H and O–H groups in total. The van der Waals surface area contributed by atoms with Crippen LogP contribution in [0.4, 0.5) is 0 Å². The van der Waals surface area contributed by atoms with Gasteiger partial charge in [0.2, 0.25) is 0 Å². The Morgan fingerprint density at radius 1 is 1.56 bits per heavy atom. The van der Waals surface area contributed by atoms with E-state index in [4.69, 9.17) is 5.26 Å². The summed E-state index contributed by atoms with van der Waals surface area (Å²) in [6.45, 7) is 1.92. The smallest absolute Gasteiger partial charge is 0.196 e. The molecule has 0 aliphatic carbocycles. The summed E-state index contributed by atoms with van der Waals surface area (Å²) in [5, 5.41) is 9.17. The van der Waals surface area contributed by atoms with Gasteiger partial charge in [0.05, 0.1) is 20.4 Å². The van der Waals surface area contributed by atoms with Crippen LogP contribution in [-0.2, 0) is 0 Å². The molecule has 2 aromatic heterocycles. The topological polar surface area (TPSA) is 53.8 Å². The first-order valence-corrected chi connectivity index (χ1v) is 6.85. The van der Waals surface area contributed by atoms with Gasteiger partial charge in [0.25, 0.3) is 0 Å². The number of Topliss-reactive ketones (excluding diaryl/α,β-unsaturated/α-hetero) is 1. The molecule has 0 saturated carbocycles. The van der Waals surface area contributed by atoms with Crippen molar-refractivity contribution in [3.63, 3.8) is 0 Å². The Morgan fingerprint density at radius 2 is 2.33 bits per heavy atom. The van der Waals surface area contributed by atoms with Crippen LogP contribution in [0.1, 0.15) is 26.8 Å². The number of aryl methyl sites for hydroxylation is 1. The van der Waals surface area contributed by atoms with E-state index in [1.165, 1.54) is 11.3 Å². The Hall–Kier alpha value is -1.51. The van der Waals surface area contributed by atoms with Gasteiger partial charge in [0.1, 0.15) is 0 Å². The van der Waals surface area contributed by atoms with E-state index in [1.807, 2.05) is 13.0 Å². The van der Waals surface area contributed by atoms with Gasteiger partial charge in [0.15, 0.2) is 11.7 Å². The van der Waals surface area contributed by atoms with Crippen molar-refractivity contribution in [2.75, 3.05) is 0 Å². The highest BCUT2D eigenvalue weighted by atomic mass is 79.9. The molecule has 2 aromatic rings. The van der Waals surface area contributed by atoms with Crippen LogP contribution in [0.15, 0.2) is 34.2 Å². The van der Waals surface area contributed by atoms with Crippen LogP contribution >= 0.6 is 27.3 Å². The van der Waals surface area contributed by atoms with Gasteiger partial charge in [-0.05, 0) is 46.6 Å². The molecule has 0 aromatic carbocycles. The number of pyridine rings is 1. The first kappa shape index (κ1) is 12.9. The van der Waals surface area contributed by atoms with Gasteiger partial charge in [-0.1, -0.05) is 6.07 Å². The summed E-state index contributed by atoms with van der Waals surface area (Å²) in [7, 11) is 0. The zero-order chi connectivity index (χ0) is 13.1. The minimum absolute atomic E-state index is 0.199. The standard InChI is InChI=1S/C13H9BrN2OS/c1-8-6-11(18-13(8)14)12(17)9(7-15)10-4-2-3-5-16-10/h2-6,9H,1H3. The summed E-state index contributed by atoms with van der Waals surface area (Å²) in [6, 6.07) is 9.05. The second-order valence-corrected chi connectivity index (χ2v) is 6.12. The molecule has 2 rings (SSSR count). The predicted molar refractivity (Wildman–Crippen MR) is 73.7 cm³/mol. The number of ketones is 1. The van der Waals surface area contributed by atoms with Gasteiger partial charge in [-0.25, -0.2) is 0 Å². The number of nitriles is 1. The largest absolute Gasteiger partial charge is 0.291 e. The third-order valence-corrected chi connectivity index (χ3v) is 4.63. The number of nitrogens with zero attached hydrogens (tertiary/aromatic N) is 2. The lowest BCUT2D eigenvalue weighted by Crippen LogP contribution is -2.11. The van der Waals surface area contributed by atoms with Crippen molar-refractivity contribution < 1.29 is 4.79 Å². The second kappa shape index (κ2) is 5.42. The van der Waals surface area contributed by atoms with Crippen LogP contribution in [0.2, 0.25) is 0 Å². The molecule has 0 saturated heterocycles. The Balaban J connectivity index is 2.35. The van der Waals surface area contributed by atoms with Gasteiger partial charge in [-0.15, -0.1) is 11.3 Å². The molecule has 0 aliphatic heterocycles. The Morgan fingerprint density at radius 3 is 2.83 bits per heavy atom. The number of thiophene rings is 1. The van der Waals surface area contributed by atoms with Crippen molar-refractivity contribution in [2.45, 2.75) is 12.8 Å². The zero-order valence-corrected chi connectivity index (χ0v) is 12.0. The minimum Gasteiger partial charge on any atom is -0.291 e. The quantitative estimate of drug-likeness (QED) is 0.810. The number of carbonyl (C=O) groups is 1. The van der Waals surface area contributed by atoms with E-state index in [2.05, 4.69) is 20.9 Å². The molecule has 2 heterocycles. The number of aromatic nitrogens is 1. The SMILES string of the molecule is Cc1cc(C(=O)C(C#N)c2ccccn2)sc1Br. The average Bonchev–Trinajstić information content (AvgIpc) is 2.72. The molecule has 0 spiro atoms. The van der Waals surface area contributed by atoms with E-state index < -0.39 is 5.92 Å². The van der Waals surface area contributed by atoms with Crippen LogP contribution in [0.3, 0.4) is 0 Å². The van der Waals surface area contributed by atoms with Gasteiger partial charge in [-0.3, -0.25) is 9.78 Å². The Kier molecular flexibility index (Phi) is 3.90. The predicted octanol–water partition coefficient (Wildman–Crippen LogP) is 3.70. The van der Waals surface area contributed by atoms with Gasteiger partial charge < -0.3 is 0 Å². The van der Waals surface area contributed by atoms with E-state index in [9.17, 15) is 4.79 Å². The Bertz CT molecular complexity index is 596. The molecule has 18 heavy (non-hydrogen) atoms. The summed E-state index contributed by atoms with van der Waals surface area (Å²) in [5.74, 6) is -1.04. The maximum absolute atomic E-state index is 12.3. The number of rotatable bonds is 3. The molecule has 90 valence electrons. The lowest BCUT2D eigenvalue weighted by atomic mass is 10.00. The van der Waals surface area contributed by atoms with E-state index in [-0.39, 0.29) is 5.78 Å². The van der Waals surface area contributed by atoms with E-state index >= 15 is 0 Å². The monoisotopic (exact) mass is 320 g/mol. The van der Waals surface area contributed by atoms with Crippen LogP contribution < -0.4 is 0 Å². The molecule has 0 amide bonds. The maximum atomic E-state index is 12.3. The highest BCUT2D eigenvalue weighted by molar-refractivity contribution is 9.11. The van der Waals surface area contributed by atoms with Crippen molar-refractivity contribution >= 4 is 33.0 Å². The maximum Gasteiger partial charge on any atom is 0.196 e. The van der Waals surface area contributed by atoms with Crippen molar-refractivity contribution in [3.8, 4) is 6.07 Å². The molecular weight excluding hydrogens is 312 g/mol. The average molecular weight is 321 g/mol. The van der Waals surface area contributed by atoms with Gasteiger partial charge in [-0.2, -0.15) is 5.26 Å². The lowest BCUT2D eigenvalue weighted by molar-refractivity contribution is 0.0981. The summed E-state index contributed by atoms with van der Waals surface area (Å²) >= 11 is 4.73. The summed E-state index contributed by atoms with van der Waals surface area (Å²) in [4.78, 5) is 16.9. The fraction of sp³-hybridized carbons (Fsp3) is 0.154. The highest BCUT2D eigenvalue weighted by Crippen LogP contribution is 2.30. The molecule has 3 nitrogen and oxygen atoms in total. The molecule has 0 bridgehead atoms. The van der Waals surface area contributed by atoms with Crippen molar-refractivity contribution in [3.05, 3.63) is 50.4 Å². The molecular formula is C13H9BrN2OS. The fourth-order valence-electron chi connectivity index (χ4n) is 1.53. The molecule has 1 unspecified atom stereocenters. The summed E-state index contributed by atoms with van der Waals surface area (Å²) in [6.07, 6.45) is 1.59. The van der Waals surface area contributed by atoms with Crippen molar-refractivity contribution in [1.82, 2.24) is 4.98 Å². The molecule has 0 radical (unpaired) electrons. The van der Waals surface area contributed by atoms with Crippen molar-refractivity contribution in [1.29, 1.82) is 5.26 Å². The van der Waals surface area contributed by atoms with Gasteiger partial charge >= 0.3 is 0 Å². The third-order valence-electron chi connectivity index (χ3n) is 2.47. The van der Waals surface area contributed by atoms with E-state index in [0.29, 0.717) is 10.6 Å². The number of hydrogen-bond donors (Lipinski definition) is 0.